The van der Waals surface area contributed by atoms with Crippen LogP contribution in [0.1, 0.15) is 25.7 Å². The summed E-state index contributed by atoms with van der Waals surface area (Å²) >= 11 is 2.21. The van der Waals surface area contributed by atoms with E-state index in [1.54, 1.807) is 0 Å². The van der Waals surface area contributed by atoms with Gasteiger partial charge in [0.15, 0.2) is 0 Å². The summed E-state index contributed by atoms with van der Waals surface area (Å²) in [5.41, 5.74) is 0. The Balaban J connectivity index is 1.53. The number of rotatable bonds is 6. The molecular weight excluding hydrogens is 254 g/mol. The van der Waals surface area contributed by atoms with Gasteiger partial charge in [-0.15, -0.1) is 0 Å². The highest BCUT2D eigenvalue weighted by molar-refractivity contribution is 7.99. The monoisotopic (exact) mass is 285 g/mol. The van der Waals surface area contributed by atoms with E-state index >= 15 is 0 Å². The highest BCUT2D eigenvalue weighted by atomic mass is 32.2. The highest BCUT2D eigenvalue weighted by Gasteiger charge is 2.20. The maximum absolute atomic E-state index is 3.45. The summed E-state index contributed by atoms with van der Waals surface area (Å²) < 4.78 is 0. The van der Waals surface area contributed by atoms with Crippen molar-refractivity contribution in [2.24, 2.45) is 5.92 Å². The van der Waals surface area contributed by atoms with Crippen molar-refractivity contribution in [3.8, 4) is 0 Å². The van der Waals surface area contributed by atoms with E-state index in [1.165, 1.54) is 70.7 Å². The van der Waals surface area contributed by atoms with Crippen molar-refractivity contribution in [1.82, 2.24) is 15.1 Å². The lowest BCUT2D eigenvalue weighted by Crippen LogP contribution is -2.38. The zero-order valence-corrected chi connectivity index (χ0v) is 13.6. The fraction of sp³-hybridized carbons (Fsp3) is 1.00. The van der Waals surface area contributed by atoms with Crippen LogP contribution in [0.3, 0.4) is 0 Å². The Morgan fingerprint density at radius 3 is 2.42 bits per heavy atom. The van der Waals surface area contributed by atoms with Crippen molar-refractivity contribution in [3.05, 3.63) is 0 Å². The van der Waals surface area contributed by atoms with Crippen molar-refractivity contribution >= 4 is 11.8 Å². The van der Waals surface area contributed by atoms with Gasteiger partial charge in [0, 0.05) is 24.1 Å². The van der Waals surface area contributed by atoms with E-state index in [0.29, 0.717) is 0 Å². The lowest BCUT2D eigenvalue weighted by molar-refractivity contribution is 0.170. The first-order chi connectivity index (χ1) is 9.24. The Bertz CT molecular complexity index is 234. The molecule has 0 aliphatic carbocycles. The summed E-state index contributed by atoms with van der Waals surface area (Å²) in [6.07, 6.45) is 5.54. The van der Waals surface area contributed by atoms with Crippen molar-refractivity contribution in [2.75, 3.05) is 59.1 Å². The molecular formula is C15H31N3S. The van der Waals surface area contributed by atoms with E-state index in [9.17, 15) is 0 Å². The summed E-state index contributed by atoms with van der Waals surface area (Å²) in [6, 6.07) is 0. The molecule has 112 valence electrons. The van der Waals surface area contributed by atoms with Gasteiger partial charge in [0.1, 0.15) is 0 Å². The molecule has 3 nitrogen and oxygen atoms in total. The molecule has 2 saturated heterocycles. The Morgan fingerprint density at radius 1 is 1.11 bits per heavy atom. The molecule has 2 fully saturated rings. The van der Waals surface area contributed by atoms with Gasteiger partial charge < -0.3 is 15.1 Å². The first-order valence-corrected chi connectivity index (χ1v) is 8.98. The molecule has 1 N–H and O–H groups in total. The summed E-state index contributed by atoms with van der Waals surface area (Å²) in [6.45, 7) is 7.69. The van der Waals surface area contributed by atoms with Gasteiger partial charge in [-0.25, -0.2) is 0 Å². The van der Waals surface area contributed by atoms with Crippen LogP contribution >= 0.6 is 11.8 Å². The molecule has 0 saturated carbocycles. The van der Waals surface area contributed by atoms with E-state index < -0.39 is 0 Å². The average molecular weight is 286 g/mol. The normalized spacial score (nSPS) is 24.2. The van der Waals surface area contributed by atoms with Crippen LogP contribution < -0.4 is 5.32 Å². The van der Waals surface area contributed by atoms with Crippen molar-refractivity contribution in [2.45, 2.75) is 30.9 Å². The third-order valence-electron chi connectivity index (χ3n) is 4.38. The Kier molecular flexibility index (Phi) is 6.99. The number of hydrogen-bond acceptors (Lipinski definition) is 4. The van der Waals surface area contributed by atoms with Crippen LogP contribution in [0.2, 0.25) is 0 Å². The van der Waals surface area contributed by atoms with Crippen LogP contribution in [-0.4, -0.2) is 74.2 Å². The van der Waals surface area contributed by atoms with Gasteiger partial charge >= 0.3 is 0 Å². The van der Waals surface area contributed by atoms with Crippen LogP contribution in [0, 0.1) is 5.92 Å². The van der Waals surface area contributed by atoms with E-state index in [-0.39, 0.29) is 0 Å². The summed E-state index contributed by atoms with van der Waals surface area (Å²) in [5.74, 6) is 2.27. The quantitative estimate of drug-likeness (QED) is 0.801. The molecule has 2 aliphatic heterocycles. The minimum absolute atomic E-state index is 0.924. The molecule has 0 unspecified atom stereocenters. The zero-order chi connectivity index (χ0) is 13.5. The second-order valence-electron chi connectivity index (χ2n) is 6.37. The maximum Gasteiger partial charge on any atom is 0.00724 e. The predicted octanol–water partition coefficient (Wildman–Crippen LogP) is 1.75. The molecule has 0 aromatic heterocycles. The second-order valence-corrected chi connectivity index (χ2v) is 7.78. The van der Waals surface area contributed by atoms with Crippen LogP contribution in [0.15, 0.2) is 0 Å². The molecule has 0 aromatic carbocycles. The van der Waals surface area contributed by atoms with Crippen molar-refractivity contribution in [3.63, 3.8) is 0 Å². The van der Waals surface area contributed by atoms with E-state index in [2.05, 4.69) is 41.0 Å². The van der Waals surface area contributed by atoms with Crippen molar-refractivity contribution < 1.29 is 0 Å². The molecule has 0 atom stereocenters. The van der Waals surface area contributed by atoms with Crippen molar-refractivity contribution in [1.29, 1.82) is 0 Å². The Morgan fingerprint density at radius 2 is 1.79 bits per heavy atom. The zero-order valence-electron chi connectivity index (χ0n) is 12.7. The molecule has 2 rings (SSSR count). The topological polar surface area (TPSA) is 18.5 Å². The number of thioether (sulfide) groups is 1. The van der Waals surface area contributed by atoms with Gasteiger partial charge in [0.25, 0.3) is 0 Å². The standard InChI is InChI=1S/C15H31N3S/c1-17(2)13-14-5-9-18(10-6-14)11-12-19-15-3-7-16-8-4-15/h14-16H,3-13H2,1-2H3. The molecule has 0 amide bonds. The molecule has 2 aliphatic rings. The second kappa shape index (κ2) is 8.50. The summed E-state index contributed by atoms with van der Waals surface area (Å²) in [5, 5.41) is 4.37. The number of nitrogens with one attached hydrogen (secondary N) is 1. The Hall–Kier alpha value is 0.230. The molecule has 19 heavy (non-hydrogen) atoms. The number of nitrogens with zero attached hydrogens (tertiary/aromatic N) is 2. The molecule has 0 spiro atoms. The molecule has 0 radical (unpaired) electrons. The molecule has 0 bridgehead atoms. The maximum atomic E-state index is 3.45. The third-order valence-corrected chi connectivity index (χ3v) is 5.74. The highest BCUT2D eigenvalue weighted by Crippen LogP contribution is 2.22. The van der Waals surface area contributed by atoms with Gasteiger partial charge in [-0.3, -0.25) is 0 Å². The van der Waals surface area contributed by atoms with Crippen LogP contribution in [0.4, 0.5) is 0 Å². The van der Waals surface area contributed by atoms with Gasteiger partial charge in [-0.05, 0) is 71.9 Å². The lowest BCUT2D eigenvalue weighted by Gasteiger charge is -2.33. The molecule has 4 heteroatoms. The fourth-order valence-electron chi connectivity index (χ4n) is 3.22. The predicted molar refractivity (Wildman–Crippen MR) is 86.1 cm³/mol. The Labute approximate surface area is 123 Å². The van der Waals surface area contributed by atoms with Gasteiger partial charge in [0.2, 0.25) is 0 Å². The SMILES string of the molecule is CN(C)CC1CCN(CCSC2CCNCC2)CC1. The first-order valence-electron chi connectivity index (χ1n) is 7.93. The number of piperidine rings is 2. The van der Waals surface area contributed by atoms with Gasteiger partial charge in [0.05, 0.1) is 0 Å². The minimum atomic E-state index is 0.924. The third kappa shape index (κ3) is 6.03. The lowest BCUT2D eigenvalue weighted by atomic mass is 9.96. The molecule has 2 heterocycles. The minimum Gasteiger partial charge on any atom is -0.317 e. The smallest absolute Gasteiger partial charge is 0.00724 e. The van der Waals surface area contributed by atoms with Crippen LogP contribution in [0.25, 0.3) is 0 Å². The molecule has 0 aromatic rings. The van der Waals surface area contributed by atoms with E-state index in [1.807, 2.05) is 0 Å². The van der Waals surface area contributed by atoms with Gasteiger partial charge in [-0.1, -0.05) is 0 Å². The summed E-state index contributed by atoms with van der Waals surface area (Å²) in [4.78, 5) is 5.02. The van der Waals surface area contributed by atoms with E-state index in [0.717, 1.165) is 11.2 Å². The van der Waals surface area contributed by atoms with Gasteiger partial charge in [-0.2, -0.15) is 11.8 Å². The van der Waals surface area contributed by atoms with Crippen LogP contribution in [0.5, 0.6) is 0 Å². The van der Waals surface area contributed by atoms with Crippen LogP contribution in [-0.2, 0) is 0 Å². The summed E-state index contributed by atoms with van der Waals surface area (Å²) in [7, 11) is 4.39. The number of likely N-dealkylation sites (tertiary alicyclic amines) is 1. The fourth-order valence-corrected chi connectivity index (χ4v) is 4.49. The van der Waals surface area contributed by atoms with E-state index in [4.69, 9.17) is 0 Å². The first kappa shape index (κ1) is 15.6. The average Bonchev–Trinajstić information content (AvgIpc) is 2.41. The largest absolute Gasteiger partial charge is 0.317 e. The number of hydrogen-bond donors (Lipinski definition) is 1.